The second-order valence-corrected chi connectivity index (χ2v) is 7.30. The minimum atomic E-state index is -3.59. The van der Waals surface area contributed by atoms with Crippen molar-refractivity contribution in [3.8, 4) is 0 Å². The summed E-state index contributed by atoms with van der Waals surface area (Å²) in [5, 5.41) is 6.14. The number of rotatable bonds is 2. The summed E-state index contributed by atoms with van der Waals surface area (Å²) >= 11 is 1.64. The van der Waals surface area contributed by atoms with Gasteiger partial charge < -0.3 is 4.90 Å². The van der Waals surface area contributed by atoms with Crippen molar-refractivity contribution in [2.75, 3.05) is 31.1 Å². The highest BCUT2D eigenvalue weighted by atomic mass is 32.2. The molecule has 1 aliphatic rings. The van der Waals surface area contributed by atoms with Gasteiger partial charge in [0.05, 0.1) is 10.2 Å². The van der Waals surface area contributed by atoms with Gasteiger partial charge in [0.25, 0.3) is 10.2 Å². The van der Waals surface area contributed by atoms with Crippen LogP contribution in [0.1, 0.15) is 6.42 Å². The molecule has 0 aliphatic carbocycles. The summed E-state index contributed by atoms with van der Waals surface area (Å²) < 4.78 is 25.3. The quantitative estimate of drug-likeness (QED) is 0.897. The van der Waals surface area contributed by atoms with Gasteiger partial charge in [-0.25, -0.2) is 10.1 Å². The van der Waals surface area contributed by atoms with Crippen molar-refractivity contribution in [3.05, 3.63) is 24.3 Å². The molecule has 20 heavy (non-hydrogen) atoms. The van der Waals surface area contributed by atoms with E-state index in [0.29, 0.717) is 19.6 Å². The second-order valence-electron chi connectivity index (χ2n) is 4.75. The molecule has 0 radical (unpaired) electrons. The van der Waals surface area contributed by atoms with Gasteiger partial charge in [-0.3, -0.25) is 0 Å². The fraction of sp³-hybridized carbons (Fsp3) is 0.417. The molecular formula is C12H16N4O2S2. The van der Waals surface area contributed by atoms with Crippen molar-refractivity contribution in [2.45, 2.75) is 6.42 Å². The van der Waals surface area contributed by atoms with E-state index in [1.165, 1.54) is 4.31 Å². The van der Waals surface area contributed by atoms with Crippen molar-refractivity contribution >= 4 is 36.9 Å². The summed E-state index contributed by atoms with van der Waals surface area (Å²) in [5.41, 5.74) is 0.986. The lowest BCUT2D eigenvalue weighted by atomic mass is 10.3. The van der Waals surface area contributed by atoms with E-state index >= 15 is 0 Å². The SMILES string of the molecule is NS(=O)(=O)N1CCCN(c2nc3ccccc3s2)CC1. The predicted octanol–water partition coefficient (Wildman–Crippen LogP) is 1.01. The summed E-state index contributed by atoms with van der Waals surface area (Å²) in [6.45, 7) is 2.30. The molecule has 0 bridgehead atoms. The van der Waals surface area contributed by atoms with Gasteiger partial charge in [-0.15, -0.1) is 0 Å². The van der Waals surface area contributed by atoms with Gasteiger partial charge in [0.1, 0.15) is 0 Å². The average molecular weight is 312 g/mol. The molecule has 0 atom stereocenters. The van der Waals surface area contributed by atoms with Gasteiger partial charge in [0.15, 0.2) is 5.13 Å². The Hall–Kier alpha value is -1.22. The van der Waals surface area contributed by atoms with Crippen molar-refractivity contribution in [1.29, 1.82) is 0 Å². The highest BCUT2D eigenvalue weighted by molar-refractivity contribution is 7.86. The van der Waals surface area contributed by atoms with Gasteiger partial charge in [-0.2, -0.15) is 12.7 Å². The zero-order valence-corrected chi connectivity index (χ0v) is 12.5. The smallest absolute Gasteiger partial charge is 0.276 e. The Kier molecular flexibility index (Phi) is 3.63. The number of nitrogens with two attached hydrogens (primary N) is 1. The Balaban J connectivity index is 1.81. The zero-order chi connectivity index (χ0) is 14.2. The monoisotopic (exact) mass is 312 g/mol. The third kappa shape index (κ3) is 2.78. The summed E-state index contributed by atoms with van der Waals surface area (Å²) in [7, 11) is -3.59. The predicted molar refractivity (Wildman–Crippen MR) is 81.1 cm³/mol. The molecule has 0 unspecified atom stereocenters. The molecule has 8 heteroatoms. The maximum Gasteiger partial charge on any atom is 0.276 e. The molecule has 2 aromatic rings. The van der Waals surface area contributed by atoms with Gasteiger partial charge in [0, 0.05) is 26.2 Å². The van der Waals surface area contributed by atoms with Gasteiger partial charge in [0.2, 0.25) is 0 Å². The topological polar surface area (TPSA) is 79.5 Å². The van der Waals surface area contributed by atoms with E-state index in [2.05, 4.69) is 9.88 Å². The summed E-state index contributed by atoms with van der Waals surface area (Å²) in [5.74, 6) is 0. The van der Waals surface area contributed by atoms with E-state index in [1.807, 2.05) is 24.3 Å². The van der Waals surface area contributed by atoms with Crippen molar-refractivity contribution in [1.82, 2.24) is 9.29 Å². The van der Waals surface area contributed by atoms with Crippen LogP contribution in [0.5, 0.6) is 0 Å². The highest BCUT2D eigenvalue weighted by Crippen LogP contribution is 2.29. The number of para-hydroxylation sites is 1. The summed E-state index contributed by atoms with van der Waals surface area (Å²) in [6, 6.07) is 8.00. The molecule has 108 valence electrons. The molecule has 1 fully saturated rings. The lowest BCUT2D eigenvalue weighted by Gasteiger charge is -2.19. The summed E-state index contributed by atoms with van der Waals surface area (Å²) in [4.78, 5) is 6.75. The Morgan fingerprint density at radius 1 is 1.15 bits per heavy atom. The molecular weight excluding hydrogens is 296 g/mol. The van der Waals surface area contributed by atoms with Crippen LogP contribution in [0.2, 0.25) is 0 Å². The molecule has 1 aromatic carbocycles. The Bertz CT molecular complexity index is 680. The fourth-order valence-corrected chi connectivity index (χ4v) is 4.07. The lowest BCUT2D eigenvalue weighted by molar-refractivity contribution is 0.434. The van der Waals surface area contributed by atoms with Crippen molar-refractivity contribution in [2.24, 2.45) is 5.14 Å². The van der Waals surface area contributed by atoms with Crippen LogP contribution in [0.4, 0.5) is 5.13 Å². The number of aromatic nitrogens is 1. The molecule has 0 spiro atoms. The second kappa shape index (κ2) is 5.28. The van der Waals surface area contributed by atoms with Crippen LogP contribution in [0.25, 0.3) is 10.2 Å². The largest absolute Gasteiger partial charge is 0.347 e. The molecule has 1 aliphatic heterocycles. The Morgan fingerprint density at radius 3 is 2.70 bits per heavy atom. The molecule has 3 rings (SSSR count). The molecule has 1 aromatic heterocycles. The number of benzene rings is 1. The van der Waals surface area contributed by atoms with E-state index in [4.69, 9.17) is 5.14 Å². The number of thiazole rings is 1. The first-order valence-corrected chi connectivity index (χ1v) is 8.74. The molecule has 2 N–H and O–H groups in total. The summed E-state index contributed by atoms with van der Waals surface area (Å²) in [6.07, 6.45) is 0.756. The van der Waals surface area contributed by atoms with E-state index in [1.54, 1.807) is 11.3 Å². The lowest BCUT2D eigenvalue weighted by Crippen LogP contribution is -2.39. The van der Waals surface area contributed by atoms with Crippen LogP contribution in [0.15, 0.2) is 24.3 Å². The Morgan fingerprint density at radius 2 is 1.95 bits per heavy atom. The molecule has 6 nitrogen and oxygen atoms in total. The standard InChI is InChI=1S/C12H16N4O2S2/c13-20(17,18)16-7-3-6-15(8-9-16)12-14-10-4-1-2-5-11(10)19-12/h1-2,4-5H,3,6-9H2,(H2,13,17,18). The minimum Gasteiger partial charge on any atom is -0.347 e. The van der Waals surface area contributed by atoms with Crippen LogP contribution in [-0.2, 0) is 10.2 Å². The molecule has 2 heterocycles. The number of nitrogens with zero attached hydrogens (tertiary/aromatic N) is 3. The van der Waals surface area contributed by atoms with E-state index < -0.39 is 10.2 Å². The number of hydrogen-bond donors (Lipinski definition) is 1. The first kappa shape index (κ1) is 13.7. The number of fused-ring (bicyclic) bond motifs is 1. The van der Waals surface area contributed by atoms with Gasteiger partial charge in [-0.1, -0.05) is 23.5 Å². The fourth-order valence-electron chi connectivity index (χ4n) is 2.33. The molecule has 0 amide bonds. The molecule has 0 saturated carbocycles. The molecule has 1 saturated heterocycles. The van der Waals surface area contributed by atoms with Crippen LogP contribution in [-0.4, -0.2) is 43.9 Å². The third-order valence-electron chi connectivity index (χ3n) is 3.37. The number of anilines is 1. The maximum absolute atomic E-state index is 11.4. The highest BCUT2D eigenvalue weighted by Gasteiger charge is 2.23. The van der Waals surface area contributed by atoms with Gasteiger partial charge >= 0.3 is 0 Å². The normalized spacial score (nSPS) is 18.4. The van der Waals surface area contributed by atoms with Crippen molar-refractivity contribution < 1.29 is 8.42 Å². The Labute approximate surface area is 122 Å². The maximum atomic E-state index is 11.4. The van der Waals surface area contributed by atoms with Crippen LogP contribution in [0, 0.1) is 0 Å². The number of hydrogen-bond acceptors (Lipinski definition) is 5. The zero-order valence-electron chi connectivity index (χ0n) is 10.9. The third-order valence-corrected chi connectivity index (χ3v) is 5.55. The van der Waals surface area contributed by atoms with Crippen LogP contribution >= 0.6 is 11.3 Å². The van der Waals surface area contributed by atoms with Crippen molar-refractivity contribution in [3.63, 3.8) is 0 Å². The van der Waals surface area contributed by atoms with E-state index in [9.17, 15) is 8.42 Å². The minimum absolute atomic E-state index is 0.411. The first-order valence-electron chi connectivity index (χ1n) is 6.42. The van der Waals surface area contributed by atoms with Gasteiger partial charge in [-0.05, 0) is 18.6 Å². The van der Waals surface area contributed by atoms with Crippen LogP contribution < -0.4 is 10.0 Å². The van der Waals surface area contributed by atoms with E-state index in [0.717, 1.165) is 28.3 Å². The van der Waals surface area contributed by atoms with E-state index in [-0.39, 0.29) is 0 Å². The average Bonchev–Trinajstić information content (AvgIpc) is 2.65. The first-order chi connectivity index (χ1) is 9.54. The van der Waals surface area contributed by atoms with Crippen LogP contribution in [0.3, 0.4) is 0 Å².